The summed E-state index contributed by atoms with van der Waals surface area (Å²) in [6.45, 7) is 7.88. The lowest BCUT2D eigenvalue weighted by Gasteiger charge is -2.35. The lowest BCUT2D eigenvalue weighted by molar-refractivity contribution is -0.133. The Kier molecular flexibility index (Phi) is 6.99. The molecule has 1 atom stereocenters. The van der Waals surface area contributed by atoms with Gasteiger partial charge in [0.25, 0.3) is 0 Å². The van der Waals surface area contributed by atoms with E-state index in [0.717, 1.165) is 57.2 Å². The van der Waals surface area contributed by atoms with E-state index < -0.39 is 0 Å². The van der Waals surface area contributed by atoms with Crippen molar-refractivity contribution < 1.29 is 4.79 Å². The predicted octanol–water partition coefficient (Wildman–Crippen LogP) is 2.59. The highest BCUT2D eigenvalue weighted by atomic mass is 35.5. The zero-order valence-electron chi connectivity index (χ0n) is 14.7. The third kappa shape index (κ3) is 4.07. The number of hydrogen-bond donors (Lipinski definition) is 1. The van der Waals surface area contributed by atoms with Crippen LogP contribution in [0.4, 0.5) is 5.13 Å². The van der Waals surface area contributed by atoms with Gasteiger partial charge in [-0.3, -0.25) is 4.79 Å². The summed E-state index contributed by atoms with van der Waals surface area (Å²) < 4.78 is 0. The number of carbonyl (C=O) groups excluding carboxylic acids is 1. The minimum atomic E-state index is 0. The molecule has 0 aromatic carbocycles. The number of halogens is 2. The number of nitrogens with zero attached hydrogens (tertiary/aromatic N) is 3. The van der Waals surface area contributed by atoms with Gasteiger partial charge in [0, 0.05) is 43.2 Å². The van der Waals surface area contributed by atoms with Gasteiger partial charge in [0.15, 0.2) is 5.13 Å². The minimum Gasteiger partial charge on any atom is -0.345 e. The second-order valence-corrected chi connectivity index (χ2v) is 8.24. The van der Waals surface area contributed by atoms with E-state index in [4.69, 9.17) is 0 Å². The Hall–Kier alpha value is -0.560. The molecule has 3 aliphatic rings. The first-order chi connectivity index (χ1) is 11.2. The molecule has 3 fully saturated rings. The molecule has 1 aliphatic carbocycles. The van der Waals surface area contributed by atoms with Crippen LogP contribution in [0.15, 0.2) is 6.20 Å². The normalized spacial score (nSPS) is 24.4. The van der Waals surface area contributed by atoms with Gasteiger partial charge in [-0.05, 0) is 44.2 Å². The Balaban J connectivity index is 0.00000113. The fourth-order valence-electron chi connectivity index (χ4n) is 4.12. The van der Waals surface area contributed by atoms with Gasteiger partial charge in [0.05, 0.1) is 0 Å². The average molecular weight is 407 g/mol. The van der Waals surface area contributed by atoms with E-state index in [1.807, 2.05) is 6.20 Å². The molecule has 142 valence electrons. The minimum absolute atomic E-state index is 0. The molecule has 3 heterocycles. The molecule has 25 heavy (non-hydrogen) atoms. The van der Waals surface area contributed by atoms with E-state index in [1.54, 1.807) is 11.3 Å². The molecular weight excluding hydrogens is 379 g/mol. The van der Waals surface area contributed by atoms with Crippen molar-refractivity contribution in [2.45, 2.75) is 32.6 Å². The molecule has 0 radical (unpaired) electrons. The Morgan fingerprint density at radius 1 is 1.28 bits per heavy atom. The quantitative estimate of drug-likeness (QED) is 0.837. The van der Waals surface area contributed by atoms with Gasteiger partial charge in [-0.1, -0.05) is 6.92 Å². The van der Waals surface area contributed by atoms with Crippen molar-refractivity contribution in [2.75, 3.05) is 44.2 Å². The molecule has 1 aromatic rings. The first-order valence-electron chi connectivity index (χ1n) is 8.91. The van der Waals surface area contributed by atoms with Gasteiger partial charge in [0.2, 0.25) is 5.91 Å². The molecule has 1 unspecified atom stereocenters. The predicted molar refractivity (Wildman–Crippen MR) is 107 cm³/mol. The molecule has 1 amide bonds. The monoisotopic (exact) mass is 406 g/mol. The number of hydrogen-bond acceptors (Lipinski definition) is 5. The Bertz CT molecular complexity index is 583. The van der Waals surface area contributed by atoms with Crippen LogP contribution in [0.5, 0.6) is 0 Å². The van der Waals surface area contributed by atoms with Crippen LogP contribution in [0.25, 0.3) is 0 Å². The maximum Gasteiger partial charge on any atom is 0.226 e. The number of thiazole rings is 1. The van der Waals surface area contributed by atoms with E-state index in [1.165, 1.54) is 17.7 Å². The highest BCUT2D eigenvalue weighted by molar-refractivity contribution is 7.15. The average Bonchev–Trinajstić information content (AvgIpc) is 3.08. The van der Waals surface area contributed by atoms with Crippen LogP contribution in [-0.4, -0.2) is 55.1 Å². The third-order valence-corrected chi connectivity index (χ3v) is 7.04. The van der Waals surface area contributed by atoms with Crippen molar-refractivity contribution >= 4 is 47.2 Å². The van der Waals surface area contributed by atoms with Crippen LogP contribution in [0.3, 0.4) is 0 Å². The highest BCUT2D eigenvalue weighted by Gasteiger charge is 2.58. The molecule has 1 aromatic heterocycles. The first kappa shape index (κ1) is 20.7. The zero-order valence-corrected chi connectivity index (χ0v) is 17.1. The number of carbonyl (C=O) groups is 1. The summed E-state index contributed by atoms with van der Waals surface area (Å²) in [5.41, 5.74) is 0.352. The number of aromatic nitrogens is 1. The van der Waals surface area contributed by atoms with Crippen molar-refractivity contribution in [1.29, 1.82) is 0 Å². The molecule has 0 bridgehead atoms. The van der Waals surface area contributed by atoms with Gasteiger partial charge in [-0.15, -0.1) is 36.2 Å². The standard InChI is InChI=1S/C17H26N4OS.2ClH/c1-2-13-12-19-16(23-13)21-9-7-20(8-10-21)15(22)14-11-17(14)3-5-18-6-4-17;;/h12,14,18H,2-11H2,1H3;2*1H. The number of rotatable bonds is 3. The van der Waals surface area contributed by atoms with E-state index in [-0.39, 0.29) is 24.8 Å². The number of piperazine rings is 1. The summed E-state index contributed by atoms with van der Waals surface area (Å²) in [4.78, 5) is 23.1. The maximum absolute atomic E-state index is 12.8. The SMILES string of the molecule is CCc1cnc(N2CCN(C(=O)C3CC34CCNCC4)CC2)s1.Cl.Cl. The lowest BCUT2D eigenvalue weighted by atomic mass is 9.91. The Morgan fingerprint density at radius 3 is 2.56 bits per heavy atom. The summed E-state index contributed by atoms with van der Waals surface area (Å²) in [5, 5.41) is 4.53. The van der Waals surface area contributed by atoms with Crippen molar-refractivity contribution in [3.8, 4) is 0 Å². The van der Waals surface area contributed by atoms with Crippen molar-refractivity contribution in [2.24, 2.45) is 11.3 Å². The highest BCUT2D eigenvalue weighted by Crippen LogP contribution is 2.59. The second kappa shape index (κ2) is 8.42. The smallest absolute Gasteiger partial charge is 0.226 e. The van der Waals surface area contributed by atoms with Crippen molar-refractivity contribution in [1.82, 2.24) is 15.2 Å². The van der Waals surface area contributed by atoms with E-state index in [2.05, 4.69) is 27.0 Å². The second-order valence-electron chi connectivity index (χ2n) is 7.14. The third-order valence-electron chi connectivity index (χ3n) is 5.84. The van der Waals surface area contributed by atoms with Crippen LogP contribution in [-0.2, 0) is 11.2 Å². The van der Waals surface area contributed by atoms with E-state index in [9.17, 15) is 4.79 Å². The largest absolute Gasteiger partial charge is 0.345 e. The molecular formula is C17H28Cl2N4OS. The summed E-state index contributed by atoms with van der Waals surface area (Å²) in [5.74, 6) is 0.725. The van der Waals surface area contributed by atoms with Crippen LogP contribution in [0, 0.1) is 11.3 Å². The van der Waals surface area contributed by atoms with Crippen molar-refractivity contribution in [3.05, 3.63) is 11.1 Å². The van der Waals surface area contributed by atoms with Crippen LogP contribution in [0.2, 0.25) is 0 Å². The molecule has 4 rings (SSSR count). The first-order valence-corrected chi connectivity index (χ1v) is 9.73. The van der Waals surface area contributed by atoms with Gasteiger partial charge in [-0.25, -0.2) is 4.98 Å². The number of piperidine rings is 1. The number of aryl methyl sites for hydroxylation is 1. The van der Waals surface area contributed by atoms with Crippen LogP contribution < -0.4 is 10.2 Å². The Morgan fingerprint density at radius 2 is 1.96 bits per heavy atom. The topological polar surface area (TPSA) is 48.5 Å². The van der Waals surface area contributed by atoms with Crippen LogP contribution in [0.1, 0.15) is 31.1 Å². The van der Waals surface area contributed by atoms with Crippen molar-refractivity contribution in [3.63, 3.8) is 0 Å². The van der Waals surface area contributed by atoms with Crippen LogP contribution >= 0.6 is 36.2 Å². The number of anilines is 1. The maximum atomic E-state index is 12.8. The summed E-state index contributed by atoms with van der Waals surface area (Å²) in [7, 11) is 0. The summed E-state index contributed by atoms with van der Waals surface area (Å²) >= 11 is 1.79. The molecule has 2 saturated heterocycles. The zero-order chi connectivity index (χ0) is 15.9. The summed E-state index contributed by atoms with van der Waals surface area (Å²) in [6.07, 6.45) is 6.53. The molecule has 1 saturated carbocycles. The molecule has 1 spiro atoms. The molecule has 8 heteroatoms. The number of nitrogens with one attached hydrogen (secondary N) is 1. The van der Waals surface area contributed by atoms with E-state index >= 15 is 0 Å². The van der Waals surface area contributed by atoms with E-state index in [0.29, 0.717) is 17.2 Å². The molecule has 2 aliphatic heterocycles. The van der Waals surface area contributed by atoms with Gasteiger partial charge in [-0.2, -0.15) is 0 Å². The van der Waals surface area contributed by atoms with Gasteiger partial charge < -0.3 is 15.1 Å². The fourth-order valence-corrected chi connectivity index (χ4v) is 5.02. The lowest BCUT2D eigenvalue weighted by Crippen LogP contribution is -2.49. The van der Waals surface area contributed by atoms with Gasteiger partial charge in [0.1, 0.15) is 0 Å². The fraction of sp³-hybridized carbons (Fsp3) is 0.765. The van der Waals surface area contributed by atoms with Gasteiger partial charge >= 0.3 is 0 Å². The molecule has 1 N–H and O–H groups in total. The number of amides is 1. The molecule has 5 nitrogen and oxygen atoms in total. The summed E-state index contributed by atoms with van der Waals surface area (Å²) in [6, 6.07) is 0. The Labute approximate surface area is 166 Å².